The van der Waals surface area contributed by atoms with Crippen molar-refractivity contribution in [3.05, 3.63) is 68.7 Å². The van der Waals surface area contributed by atoms with Gasteiger partial charge in [-0.15, -0.1) is 0 Å². The van der Waals surface area contributed by atoms with Crippen molar-refractivity contribution in [3.8, 4) is 0 Å². The molecule has 0 bridgehead atoms. The lowest BCUT2D eigenvalue weighted by molar-refractivity contribution is 0.687. The SMILES string of the molecule is CNC(c1ccccc1C)c1cccc(Br)c1Cl. The Bertz CT molecular complexity index is 554. The molecule has 0 fully saturated rings. The highest BCUT2D eigenvalue weighted by Crippen LogP contribution is 2.34. The molecule has 94 valence electrons. The fourth-order valence-corrected chi connectivity index (χ4v) is 2.75. The average molecular weight is 325 g/mol. The predicted octanol–water partition coefficient (Wildman–Crippen LogP) is 4.72. The van der Waals surface area contributed by atoms with Gasteiger partial charge in [0.1, 0.15) is 0 Å². The molecule has 1 nitrogen and oxygen atoms in total. The van der Waals surface area contributed by atoms with Crippen molar-refractivity contribution in [2.45, 2.75) is 13.0 Å². The lowest BCUT2D eigenvalue weighted by Gasteiger charge is -2.21. The fourth-order valence-electron chi connectivity index (χ4n) is 2.13. The molecule has 2 rings (SSSR count). The quantitative estimate of drug-likeness (QED) is 0.861. The lowest BCUT2D eigenvalue weighted by atomic mass is 9.95. The topological polar surface area (TPSA) is 12.0 Å². The Morgan fingerprint density at radius 1 is 1.06 bits per heavy atom. The van der Waals surface area contributed by atoms with E-state index in [9.17, 15) is 0 Å². The molecule has 0 aromatic heterocycles. The van der Waals surface area contributed by atoms with Crippen LogP contribution in [0.1, 0.15) is 22.7 Å². The van der Waals surface area contributed by atoms with Crippen LogP contribution in [0.15, 0.2) is 46.9 Å². The molecule has 1 atom stereocenters. The van der Waals surface area contributed by atoms with E-state index in [1.165, 1.54) is 11.1 Å². The van der Waals surface area contributed by atoms with E-state index in [2.05, 4.69) is 52.4 Å². The van der Waals surface area contributed by atoms with Crippen LogP contribution in [0.2, 0.25) is 5.02 Å². The first-order valence-corrected chi connectivity index (χ1v) is 6.99. The Kier molecular flexibility index (Phi) is 4.44. The number of benzene rings is 2. The summed E-state index contributed by atoms with van der Waals surface area (Å²) in [4.78, 5) is 0. The summed E-state index contributed by atoms with van der Waals surface area (Å²) in [7, 11) is 1.95. The highest BCUT2D eigenvalue weighted by atomic mass is 79.9. The van der Waals surface area contributed by atoms with Gasteiger partial charge < -0.3 is 5.32 Å². The van der Waals surface area contributed by atoms with Crippen molar-refractivity contribution in [2.75, 3.05) is 7.05 Å². The predicted molar refractivity (Wildman–Crippen MR) is 81.2 cm³/mol. The maximum absolute atomic E-state index is 6.38. The number of aryl methyl sites for hydroxylation is 1. The van der Waals surface area contributed by atoms with Crippen LogP contribution in [0.5, 0.6) is 0 Å². The van der Waals surface area contributed by atoms with E-state index < -0.39 is 0 Å². The maximum Gasteiger partial charge on any atom is 0.0599 e. The van der Waals surface area contributed by atoms with E-state index in [0.29, 0.717) is 0 Å². The standard InChI is InChI=1S/C15H15BrClN/c1-10-6-3-4-7-11(10)15(18-2)12-8-5-9-13(16)14(12)17/h3-9,15,18H,1-2H3. The van der Waals surface area contributed by atoms with Crippen LogP contribution in [-0.4, -0.2) is 7.05 Å². The molecule has 0 heterocycles. The summed E-state index contributed by atoms with van der Waals surface area (Å²) in [5.41, 5.74) is 3.59. The molecule has 0 aliphatic heterocycles. The minimum absolute atomic E-state index is 0.108. The van der Waals surface area contributed by atoms with Crippen LogP contribution in [0, 0.1) is 6.92 Å². The molecule has 2 aromatic rings. The molecular formula is C15H15BrClN. The third-order valence-electron chi connectivity index (χ3n) is 3.08. The number of hydrogen-bond acceptors (Lipinski definition) is 1. The summed E-state index contributed by atoms with van der Waals surface area (Å²) >= 11 is 9.86. The highest BCUT2D eigenvalue weighted by Gasteiger charge is 2.17. The van der Waals surface area contributed by atoms with E-state index in [-0.39, 0.29) is 6.04 Å². The zero-order valence-corrected chi connectivity index (χ0v) is 12.7. The molecule has 0 saturated heterocycles. The van der Waals surface area contributed by atoms with Crippen LogP contribution in [0.4, 0.5) is 0 Å². The summed E-state index contributed by atoms with van der Waals surface area (Å²) in [6.07, 6.45) is 0. The molecule has 1 unspecified atom stereocenters. The summed E-state index contributed by atoms with van der Waals surface area (Å²) < 4.78 is 0.926. The van der Waals surface area contributed by atoms with Gasteiger partial charge in [-0.3, -0.25) is 0 Å². The van der Waals surface area contributed by atoms with Gasteiger partial charge in [-0.05, 0) is 52.7 Å². The maximum atomic E-state index is 6.38. The molecule has 2 aromatic carbocycles. The molecule has 1 N–H and O–H groups in total. The second-order valence-electron chi connectivity index (χ2n) is 4.22. The number of nitrogens with one attached hydrogen (secondary N) is 1. The summed E-state index contributed by atoms with van der Waals surface area (Å²) in [6.45, 7) is 2.12. The van der Waals surface area contributed by atoms with Crippen molar-refractivity contribution in [2.24, 2.45) is 0 Å². The molecule has 0 aliphatic carbocycles. The van der Waals surface area contributed by atoms with Crippen molar-refractivity contribution >= 4 is 27.5 Å². The molecule has 0 spiro atoms. The van der Waals surface area contributed by atoms with Crippen LogP contribution in [-0.2, 0) is 0 Å². The van der Waals surface area contributed by atoms with Gasteiger partial charge in [0, 0.05) is 4.47 Å². The van der Waals surface area contributed by atoms with Crippen molar-refractivity contribution in [3.63, 3.8) is 0 Å². The Labute approximate surface area is 121 Å². The third-order valence-corrected chi connectivity index (χ3v) is 4.39. The number of halogens is 2. The molecule has 18 heavy (non-hydrogen) atoms. The molecule has 0 radical (unpaired) electrons. The summed E-state index contributed by atoms with van der Waals surface area (Å²) in [5, 5.41) is 4.10. The second kappa shape index (κ2) is 5.87. The monoisotopic (exact) mass is 323 g/mol. The van der Waals surface area contributed by atoms with Gasteiger partial charge in [0.2, 0.25) is 0 Å². The highest BCUT2D eigenvalue weighted by molar-refractivity contribution is 9.10. The Morgan fingerprint density at radius 2 is 1.72 bits per heavy atom. The summed E-state index contributed by atoms with van der Waals surface area (Å²) in [6, 6.07) is 14.5. The van der Waals surface area contributed by atoms with E-state index in [0.717, 1.165) is 15.1 Å². The first-order valence-electron chi connectivity index (χ1n) is 5.82. The number of rotatable bonds is 3. The van der Waals surface area contributed by atoms with E-state index >= 15 is 0 Å². The van der Waals surface area contributed by atoms with E-state index in [1.807, 2.05) is 25.2 Å². The zero-order valence-electron chi connectivity index (χ0n) is 10.4. The summed E-state index contributed by atoms with van der Waals surface area (Å²) in [5.74, 6) is 0. The van der Waals surface area contributed by atoms with Crippen molar-refractivity contribution in [1.82, 2.24) is 5.32 Å². The van der Waals surface area contributed by atoms with Crippen LogP contribution in [0.25, 0.3) is 0 Å². The largest absolute Gasteiger partial charge is 0.309 e. The number of hydrogen-bond donors (Lipinski definition) is 1. The van der Waals surface area contributed by atoms with E-state index in [4.69, 9.17) is 11.6 Å². The Balaban J connectivity index is 2.53. The van der Waals surface area contributed by atoms with Gasteiger partial charge in [-0.1, -0.05) is 48.0 Å². The third kappa shape index (κ3) is 2.61. The molecule has 0 aliphatic rings. The first-order chi connectivity index (χ1) is 8.65. The minimum Gasteiger partial charge on any atom is -0.309 e. The van der Waals surface area contributed by atoms with Gasteiger partial charge in [-0.25, -0.2) is 0 Å². The molecule has 3 heteroatoms. The zero-order chi connectivity index (χ0) is 13.1. The normalized spacial score (nSPS) is 12.4. The molecule has 0 saturated carbocycles. The Hall–Kier alpha value is -0.830. The lowest BCUT2D eigenvalue weighted by Crippen LogP contribution is -2.19. The second-order valence-corrected chi connectivity index (χ2v) is 5.45. The van der Waals surface area contributed by atoms with Gasteiger partial charge >= 0.3 is 0 Å². The van der Waals surface area contributed by atoms with Crippen LogP contribution >= 0.6 is 27.5 Å². The van der Waals surface area contributed by atoms with Crippen LogP contribution < -0.4 is 5.32 Å². The average Bonchev–Trinajstić information content (AvgIpc) is 2.37. The van der Waals surface area contributed by atoms with Gasteiger partial charge in [0.25, 0.3) is 0 Å². The minimum atomic E-state index is 0.108. The fraction of sp³-hybridized carbons (Fsp3) is 0.200. The van der Waals surface area contributed by atoms with Crippen LogP contribution in [0.3, 0.4) is 0 Å². The van der Waals surface area contributed by atoms with Gasteiger partial charge in [-0.2, -0.15) is 0 Å². The van der Waals surface area contributed by atoms with E-state index in [1.54, 1.807) is 0 Å². The smallest absolute Gasteiger partial charge is 0.0599 e. The van der Waals surface area contributed by atoms with Gasteiger partial charge in [0.15, 0.2) is 0 Å². The van der Waals surface area contributed by atoms with Gasteiger partial charge in [0.05, 0.1) is 11.1 Å². The molecule has 0 amide bonds. The first kappa shape index (κ1) is 13.6. The Morgan fingerprint density at radius 3 is 2.39 bits per heavy atom. The van der Waals surface area contributed by atoms with Crippen molar-refractivity contribution < 1.29 is 0 Å². The van der Waals surface area contributed by atoms with Crippen molar-refractivity contribution in [1.29, 1.82) is 0 Å². The molecular weight excluding hydrogens is 310 g/mol.